The molecular formula is C34H27F6NO3. The van der Waals surface area contributed by atoms with E-state index in [1.54, 1.807) is 24.3 Å². The van der Waals surface area contributed by atoms with Gasteiger partial charge in [-0.15, -0.1) is 0 Å². The Balaban J connectivity index is 1.45. The van der Waals surface area contributed by atoms with E-state index in [0.29, 0.717) is 28.8 Å². The van der Waals surface area contributed by atoms with Crippen molar-refractivity contribution in [1.29, 1.82) is 0 Å². The molecule has 0 radical (unpaired) electrons. The highest BCUT2D eigenvalue weighted by Crippen LogP contribution is 2.37. The van der Waals surface area contributed by atoms with Gasteiger partial charge in [-0.25, -0.2) is 4.79 Å². The average Bonchev–Trinajstić information content (AvgIpc) is 3.02. The van der Waals surface area contributed by atoms with Crippen molar-refractivity contribution in [2.75, 3.05) is 13.1 Å². The Hall–Kier alpha value is -4.57. The molecule has 0 bridgehead atoms. The number of nitrogens with one attached hydrogen (secondary N) is 1. The summed E-state index contributed by atoms with van der Waals surface area (Å²) in [4.78, 5) is 12.7. The zero-order chi connectivity index (χ0) is 31.3. The monoisotopic (exact) mass is 611 g/mol. The standard InChI is InChI=1S/C34H27F6NO3/c35-33(36,37)29-10-4-3-9-28(29)32(42)44-20-24-7-1-2-8-26(24)23-13-14-27(22-15-17-41-18-16-22)25(19-23)21-43-31-12-6-5-11-30(31)34(38,39)40/h1-15,19,41H,16-18,20-21H2. The molecule has 228 valence electrons. The van der Waals surface area contributed by atoms with E-state index < -0.39 is 35.0 Å². The number of hydrogen-bond acceptors (Lipinski definition) is 4. The van der Waals surface area contributed by atoms with Crippen LogP contribution in [-0.4, -0.2) is 19.1 Å². The highest BCUT2D eigenvalue weighted by atomic mass is 19.4. The second kappa shape index (κ2) is 13.0. The minimum atomic E-state index is -4.72. The van der Waals surface area contributed by atoms with Gasteiger partial charge in [0, 0.05) is 6.54 Å². The molecule has 4 aromatic carbocycles. The van der Waals surface area contributed by atoms with Gasteiger partial charge in [-0.3, -0.25) is 0 Å². The highest BCUT2D eigenvalue weighted by Gasteiger charge is 2.36. The first-order valence-corrected chi connectivity index (χ1v) is 13.8. The maximum Gasteiger partial charge on any atom is 0.419 e. The van der Waals surface area contributed by atoms with Gasteiger partial charge >= 0.3 is 18.3 Å². The normalized spacial score (nSPS) is 13.7. The van der Waals surface area contributed by atoms with E-state index in [-0.39, 0.29) is 19.0 Å². The predicted molar refractivity (Wildman–Crippen MR) is 154 cm³/mol. The first-order chi connectivity index (χ1) is 21.0. The van der Waals surface area contributed by atoms with Gasteiger partial charge < -0.3 is 14.8 Å². The van der Waals surface area contributed by atoms with Crippen LogP contribution in [0, 0.1) is 0 Å². The van der Waals surface area contributed by atoms with Crippen molar-refractivity contribution in [1.82, 2.24) is 5.32 Å². The molecule has 1 aliphatic heterocycles. The summed E-state index contributed by atoms with van der Waals surface area (Å²) in [5.41, 5.74) is 1.83. The van der Waals surface area contributed by atoms with Crippen LogP contribution in [-0.2, 0) is 30.3 Å². The predicted octanol–water partition coefficient (Wildman–Crippen LogP) is 8.70. The topological polar surface area (TPSA) is 47.6 Å². The van der Waals surface area contributed by atoms with E-state index in [1.807, 2.05) is 24.3 Å². The van der Waals surface area contributed by atoms with Gasteiger partial charge in [-0.2, -0.15) is 26.3 Å². The van der Waals surface area contributed by atoms with E-state index in [2.05, 4.69) is 5.32 Å². The fraction of sp³-hybridized carbons (Fsp3) is 0.206. The molecular weight excluding hydrogens is 584 g/mol. The van der Waals surface area contributed by atoms with E-state index >= 15 is 0 Å². The maximum absolute atomic E-state index is 13.6. The zero-order valence-electron chi connectivity index (χ0n) is 23.3. The van der Waals surface area contributed by atoms with Crippen molar-refractivity contribution in [3.05, 3.63) is 130 Å². The molecule has 0 aliphatic carbocycles. The van der Waals surface area contributed by atoms with Crippen LogP contribution < -0.4 is 10.1 Å². The van der Waals surface area contributed by atoms with Crippen LogP contribution in [0.5, 0.6) is 5.75 Å². The fourth-order valence-electron chi connectivity index (χ4n) is 5.10. The number of hydrogen-bond donors (Lipinski definition) is 1. The first-order valence-electron chi connectivity index (χ1n) is 13.8. The smallest absolute Gasteiger partial charge is 0.419 e. The molecule has 1 heterocycles. The van der Waals surface area contributed by atoms with Crippen molar-refractivity contribution >= 4 is 11.5 Å². The molecule has 0 amide bonds. The molecule has 0 saturated carbocycles. The lowest BCUT2D eigenvalue weighted by atomic mass is 9.91. The minimum Gasteiger partial charge on any atom is -0.488 e. The van der Waals surface area contributed by atoms with Gasteiger partial charge in [-0.1, -0.05) is 66.7 Å². The fourth-order valence-corrected chi connectivity index (χ4v) is 5.10. The third kappa shape index (κ3) is 7.14. The summed E-state index contributed by atoms with van der Waals surface area (Å²) in [6.07, 6.45) is -6.57. The largest absolute Gasteiger partial charge is 0.488 e. The average molecular weight is 612 g/mol. The van der Waals surface area contributed by atoms with Crippen LogP contribution in [0.25, 0.3) is 16.7 Å². The molecule has 5 rings (SSSR count). The SMILES string of the molecule is O=C(OCc1ccccc1-c1ccc(C2=CCNCC2)c(COc2ccccc2C(F)(F)F)c1)c1ccccc1C(F)(F)F. The van der Waals surface area contributed by atoms with Crippen molar-refractivity contribution in [3.8, 4) is 16.9 Å². The van der Waals surface area contributed by atoms with Crippen LogP contribution in [0.2, 0.25) is 0 Å². The van der Waals surface area contributed by atoms with Crippen molar-refractivity contribution < 1.29 is 40.6 Å². The van der Waals surface area contributed by atoms with Crippen molar-refractivity contribution in [2.24, 2.45) is 0 Å². The van der Waals surface area contributed by atoms with Gasteiger partial charge in [0.2, 0.25) is 0 Å². The van der Waals surface area contributed by atoms with Crippen LogP contribution in [0.4, 0.5) is 26.3 Å². The maximum atomic E-state index is 13.6. The zero-order valence-corrected chi connectivity index (χ0v) is 23.3. The second-order valence-electron chi connectivity index (χ2n) is 10.1. The highest BCUT2D eigenvalue weighted by molar-refractivity contribution is 5.91. The number of carbonyl (C=O) groups is 1. The summed E-state index contributed by atoms with van der Waals surface area (Å²) in [5.74, 6) is -1.40. The summed E-state index contributed by atoms with van der Waals surface area (Å²) in [6.45, 7) is 0.952. The number of carbonyl (C=O) groups excluding carboxylic acids is 1. The van der Waals surface area contributed by atoms with Crippen molar-refractivity contribution in [3.63, 3.8) is 0 Å². The van der Waals surface area contributed by atoms with Gasteiger partial charge in [0.1, 0.15) is 19.0 Å². The third-order valence-corrected chi connectivity index (χ3v) is 7.23. The number of ether oxygens (including phenoxy) is 2. The number of halogens is 6. The molecule has 44 heavy (non-hydrogen) atoms. The van der Waals surface area contributed by atoms with Crippen LogP contribution in [0.15, 0.2) is 97.1 Å². The molecule has 0 atom stereocenters. The lowest BCUT2D eigenvalue weighted by molar-refractivity contribution is -0.139. The van der Waals surface area contributed by atoms with E-state index in [1.165, 1.54) is 30.3 Å². The lowest BCUT2D eigenvalue weighted by Crippen LogP contribution is -2.20. The Morgan fingerprint density at radius 1 is 0.727 bits per heavy atom. The molecule has 4 aromatic rings. The van der Waals surface area contributed by atoms with Gasteiger partial charge in [0.25, 0.3) is 0 Å². The lowest BCUT2D eigenvalue weighted by Gasteiger charge is -2.20. The number of rotatable bonds is 8. The summed E-state index contributed by atoms with van der Waals surface area (Å²) < 4.78 is 92.2. The first kappa shape index (κ1) is 30.9. The van der Waals surface area contributed by atoms with Gasteiger partial charge in [-0.05, 0) is 76.7 Å². The number of esters is 1. The summed E-state index contributed by atoms with van der Waals surface area (Å²) in [5, 5.41) is 3.24. The number of benzene rings is 4. The van der Waals surface area contributed by atoms with E-state index in [0.717, 1.165) is 42.3 Å². The Kier molecular flexibility index (Phi) is 9.10. The molecule has 0 fully saturated rings. The van der Waals surface area contributed by atoms with Gasteiger partial charge in [0.15, 0.2) is 0 Å². The van der Waals surface area contributed by atoms with Crippen LogP contribution in [0.1, 0.15) is 44.6 Å². The van der Waals surface area contributed by atoms with Crippen LogP contribution >= 0.6 is 0 Å². The van der Waals surface area contributed by atoms with Crippen LogP contribution in [0.3, 0.4) is 0 Å². The second-order valence-corrected chi connectivity index (χ2v) is 10.1. The molecule has 1 N–H and O–H groups in total. The van der Waals surface area contributed by atoms with E-state index in [9.17, 15) is 31.1 Å². The molecule has 0 spiro atoms. The minimum absolute atomic E-state index is 0.146. The quantitative estimate of drug-likeness (QED) is 0.160. The van der Waals surface area contributed by atoms with Crippen molar-refractivity contribution in [2.45, 2.75) is 32.0 Å². The molecule has 0 aromatic heterocycles. The number of para-hydroxylation sites is 1. The van der Waals surface area contributed by atoms with E-state index in [4.69, 9.17) is 9.47 Å². The summed E-state index contributed by atoms with van der Waals surface area (Å²) in [6, 6.07) is 21.9. The Morgan fingerprint density at radius 3 is 2.14 bits per heavy atom. The molecule has 10 heteroatoms. The Morgan fingerprint density at radius 2 is 1.41 bits per heavy atom. The molecule has 4 nitrogen and oxygen atoms in total. The molecule has 0 saturated heterocycles. The molecule has 1 aliphatic rings. The Bertz CT molecular complexity index is 1680. The third-order valence-electron chi connectivity index (χ3n) is 7.23. The summed E-state index contributed by atoms with van der Waals surface area (Å²) in [7, 11) is 0. The Labute approximate surface area is 249 Å². The molecule has 0 unspecified atom stereocenters. The summed E-state index contributed by atoms with van der Waals surface area (Å²) >= 11 is 0. The van der Waals surface area contributed by atoms with Gasteiger partial charge in [0.05, 0.1) is 16.7 Å². The number of alkyl halides is 6.